The summed E-state index contributed by atoms with van der Waals surface area (Å²) in [4.78, 5) is 33.7. The van der Waals surface area contributed by atoms with Gasteiger partial charge in [0.15, 0.2) is 11.4 Å². The van der Waals surface area contributed by atoms with Crippen LogP contribution < -0.4 is 5.73 Å². The number of halogens is 1. The second kappa shape index (κ2) is 14.5. The summed E-state index contributed by atoms with van der Waals surface area (Å²) < 4.78 is 9.97. The van der Waals surface area contributed by atoms with Gasteiger partial charge in [-0.05, 0) is 61.0 Å². The van der Waals surface area contributed by atoms with E-state index in [0.717, 1.165) is 5.52 Å². The lowest BCUT2D eigenvalue weighted by molar-refractivity contribution is -0.383. The number of aromatic amines is 2. The number of hydrogen-bond acceptors (Lipinski definition) is 10. The first-order valence-corrected chi connectivity index (χ1v) is 11.5. The molecule has 4 rings (SSSR count). The van der Waals surface area contributed by atoms with Crippen molar-refractivity contribution < 1.29 is 29.1 Å². The van der Waals surface area contributed by atoms with E-state index in [1.165, 1.54) is 6.07 Å². The molecular weight excluding hydrogens is 552 g/mol. The monoisotopic (exact) mass is 580 g/mol. The van der Waals surface area contributed by atoms with Gasteiger partial charge in [-0.15, -0.1) is 0 Å². The lowest BCUT2D eigenvalue weighted by Crippen LogP contribution is -2.06. The molecule has 0 saturated heterocycles. The number of benzene rings is 2. The van der Waals surface area contributed by atoms with Crippen molar-refractivity contribution in [2.24, 2.45) is 0 Å². The van der Waals surface area contributed by atoms with Gasteiger partial charge in [-0.1, -0.05) is 13.5 Å². The van der Waals surface area contributed by atoms with Gasteiger partial charge in [0.1, 0.15) is 5.39 Å². The molecule has 0 aliphatic rings. The van der Waals surface area contributed by atoms with Gasteiger partial charge in [0, 0.05) is 12.3 Å². The van der Waals surface area contributed by atoms with Crippen molar-refractivity contribution in [3.8, 4) is 0 Å². The smallest absolute Gasteiger partial charge is 0.359 e. The molecule has 0 atom stereocenters. The number of nitro benzene ring substituents is 1. The lowest BCUT2D eigenvalue weighted by Gasteiger charge is -2.00. The van der Waals surface area contributed by atoms with Crippen LogP contribution in [0.1, 0.15) is 49.2 Å². The van der Waals surface area contributed by atoms with E-state index in [1.807, 2.05) is 0 Å². The number of aliphatic hydroxyl groups is 1. The third kappa shape index (κ3) is 7.24. The van der Waals surface area contributed by atoms with Gasteiger partial charge in [-0.2, -0.15) is 10.2 Å². The van der Waals surface area contributed by atoms with E-state index in [4.69, 9.17) is 20.3 Å². The highest BCUT2D eigenvalue weighted by Gasteiger charge is 2.26. The van der Waals surface area contributed by atoms with Crippen LogP contribution in [0.25, 0.3) is 21.8 Å². The Hall–Kier alpha value is -4.04. The average molecular weight is 581 g/mol. The zero-order valence-electron chi connectivity index (χ0n) is 19.7. The summed E-state index contributed by atoms with van der Waals surface area (Å²) >= 11 is 3.09. The van der Waals surface area contributed by atoms with Crippen LogP contribution in [-0.4, -0.2) is 62.2 Å². The largest absolute Gasteiger partial charge is 0.461 e. The van der Waals surface area contributed by atoms with E-state index < -0.39 is 16.9 Å². The predicted molar refractivity (Wildman–Crippen MR) is 142 cm³/mol. The van der Waals surface area contributed by atoms with Gasteiger partial charge in [0.2, 0.25) is 0 Å². The number of nitrogen functional groups attached to an aromatic ring is 1. The number of H-pyrrole nitrogens is 2. The Labute approximate surface area is 220 Å². The topological polar surface area (TPSA) is 199 Å². The van der Waals surface area contributed by atoms with E-state index in [1.54, 1.807) is 45.0 Å². The summed E-state index contributed by atoms with van der Waals surface area (Å²) in [6, 6.07) is 8.45. The van der Waals surface area contributed by atoms with Gasteiger partial charge in [0.25, 0.3) is 5.69 Å². The molecule has 0 fully saturated rings. The Morgan fingerprint density at radius 1 is 1.00 bits per heavy atom. The third-order valence-electron chi connectivity index (χ3n) is 4.40. The minimum Gasteiger partial charge on any atom is -0.461 e. The molecule has 13 nitrogen and oxygen atoms in total. The quantitative estimate of drug-likeness (QED) is 0.114. The number of carbonyl (C=O) groups excluding carboxylic acids is 2. The number of ether oxygens (including phenoxy) is 2. The molecule has 0 bridgehead atoms. The zero-order valence-corrected chi connectivity index (χ0v) is 21.3. The van der Waals surface area contributed by atoms with Gasteiger partial charge < -0.3 is 20.3 Å². The Bertz CT molecular complexity index is 1370. The molecule has 0 aliphatic carbocycles. The number of esters is 2. The number of hydrogen-bond donors (Lipinski definition) is 4. The fourth-order valence-electron chi connectivity index (χ4n) is 3.04. The Kier molecular flexibility index (Phi) is 12.1. The molecule has 2 aromatic carbocycles. The number of carbonyl (C=O) groups is 2. The number of nitrogens with one attached hydrogen (secondary N) is 2. The summed E-state index contributed by atoms with van der Waals surface area (Å²) in [6.07, 6.45) is 0. The standard InChI is InChI=1S/C10H8BrN3O4.C10H11N3O2.C2H6O.CH4/c1-2-18-10(15)8-7-6(12-13-8)4-3-5(11)9(7)14(16)17;1-2-15-10(14)9-8-6(11)4-3-5-7(8)12-13-9;1-2-3;/h3-4H,2H2,1H3,(H,12,13);3-5H,2,11H2,1H3,(H,12,13);3H,2H2,1H3;1H4. The molecule has 5 N–H and O–H groups in total. The van der Waals surface area contributed by atoms with Crippen molar-refractivity contribution in [3.05, 3.63) is 56.3 Å². The first-order valence-electron chi connectivity index (χ1n) is 10.7. The summed E-state index contributed by atoms with van der Waals surface area (Å²) in [5, 5.41) is 32.4. The molecule has 0 amide bonds. The number of anilines is 1. The average Bonchev–Trinajstić information content (AvgIpc) is 3.45. The first-order chi connectivity index (χ1) is 17.2. The molecule has 200 valence electrons. The molecule has 0 unspecified atom stereocenters. The Balaban J connectivity index is 0.000000330. The molecule has 4 aromatic rings. The summed E-state index contributed by atoms with van der Waals surface area (Å²) in [5.74, 6) is -1.15. The van der Waals surface area contributed by atoms with Crippen LogP contribution in [0, 0.1) is 10.1 Å². The van der Waals surface area contributed by atoms with Crippen molar-refractivity contribution >= 4 is 61.0 Å². The number of aliphatic hydroxyl groups excluding tert-OH is 1. The summed E-state index contributed by atoms with van der Waals surface area (Å²) in [5.41, 5.74) is 7.38. The highest BCUT2D eigenvalue weighted by Crippen LogP contribution is 2.34. The molecular formula is C23H29BrN6O7. The van der Waals surface area contributed by atoms with Crippen molar-refractivity contribution in [2.45, 2.75) is 28.2 Å². The third-order valence-corrected chi connectivity index (χ3v) is 5.04. The van der Waals surface area contributed by atoms with E-state index in [0.29, 0.717) is 23.2 Å². The van der Waals surface area contributed by atoms with Gasteiger partial charge in [0.05, 0.1) is 39.0 Å². The fourth-order valence-corrected chi connectivity index (χ4v) is 3.52. The number of nitro groups is 1. The van der Waals surface area contributed by atoms with Crippen molar-refractivity contribution in [2.75, 3.05) is 25.6 Å². The normalized spacial score (nSPS) is 9.86. The second-order valence-corrected chi connectivity index (χ2v) is 7.60. The van der Waals surface area contributed by atoms with E-state index in [2.05, 4.69) is 36.3 Å². The fraction of sp³-hybridized carbons (Fsp3) is 0.304. The lowest BCUT2D eigenvalue weighted by atomic mass is 10.1. The summed E-state index contributed by atoms with van der Waals surface area (Å²) in [6.45, 7) is 5.82. The maximum Gasteiger partial charge on any atom is 0.359 e. The maximum atomic E-state index is 11.7. The number of nitrogens with two attached hydrogens (primary N) is 1. The zero-order chi connectivity index (χ0) is 26.8. The Morgan fingerprint density at radius 3 is 1.97 bits per heavy atom. The Morgan fingerprint density at radius 2 is 1.49 bits per heavy atom. The molecule has 0 spiro atoms. The van der Waals surface area contributed by atoms with Gasteiger partial charge in [-0.3, -0.25) is 20.3 Å². The molecule has 0 radical (unpaired) electrons. The van der Waals surface area contributed by atoms with Crippen LogP contribution in [0.3, 0.4) is 0 Å². The predicted octanol–water partition coefficient (Wildman–Crippen LogP) is 4.37. The second-order valence-electron chi connectivity index (χ2n) is 6.75. The highest BCUT2D eigenvalue weighted by atomic mass is 79.9. The molecule has 14 heteroatoms. The number of rotatable bonds is 5. The molecule has 0 saturated carbocycles. The van der Waals surface area contributed by atoms with Crippen LogP contribution in [0.15, 0.2) is 34.8 Å². The van der Waals surface area contributed by atoms with E-state index in [9.17, 15) is 19.7 Å². The molecule has 2 aromatic heterocycles. The van der Waals surface area contributed by atoms with Gasteiger partial charge >= 0.3 is 11.9 Å². The van der Waals surface area contributed by atoms with E-state index >= 15 is 0 Å². The van der Waals surface area contributed by atoms with Crippen molar-refractivity contribution in [1.29, 1.82) is 0 Å². The number of fused-ring (bicyclic) bond motifs is 2. The number of aromatic nitrogens is 4. The van der Waals surface area contributed by atoms with Crippen LogP contribution in [0.5, 0.6) is 0 Å². The SMILES string of the molecule is C.CCO.CCOC(=O)c1n[nH]c2ccc(Br)c([N+](=O)[O-])c12.CCOC(=O)c1n[nH]c2cccc(N)c12. The summed E-state index contributed by atoms with van der Waals surface area (Å²) in [7, 11) is 0. The van der Waals surface area contributed by atoms with Crippen LogP contribution in [0.4, 0.5) is 11.4 Å². The minimum absolute atomic E-state index is 0. The molecule has 37 heavy (non-hydrogen) atoms. The highest BCUT2D eigenvalue weighted by molar-refractivity contribution is 9.10. The van der Waals surface area contributed by atoms with Crippen LogP contribution in [0.2, 0.25) is 0 Å². The van der Waals surface area contributed by atoms with Crippen LogP contribution >= 0.6 is 15.9 Å². The van der Waals surface area contributed by atoms with E-state index in [-0.39, 0.29) is 47.6 Å². The number of nitrogens with zero attached hydrogens (tertiary/aromatic N) is 3. The maximum absolute atomic E-state index is 11.7. The van der Waals surface area contributed by atoms with Crippen molar-refractivity contribution in [3.63, 3.8) is 0 Å². The van der Waals surface area contributed by atoms with Crippen molar-refractivity contribution in [1.82, 2.24) is 20.4 Å². The minimum atomic E-state index is -0.690. The molecule has 0 aliphatic heterocycles. The van der Waals surface area contributed by atoms with Crippen LogP contribution in [-0.2, 0) is 9.47 Å². The first kappa shape index (κ1) is 31.0. The van der Waals surface area contributed by atoms with Gasteiger partial charge in [-0.25, -0.2) is 9.59 Å². The molecule has 2 heterocycles.